The fraction of sp³-hybridized carbons (Fsp3) is 0.211. The molecule has 0 bridgehead atoms. The molecule has 0 aliphatic heterocycles. The predicted octanol–water partition coefficient (Wildman–Crippen LogP) is 4.98. The molecule has 0 saturated heterocycles. The van der Waals surface area contributed by atoms with E-state index in [9.17, 15) is 4.79 Å². The fourth-order valence-corrected chi connectivity index (χ4v) is 3.46. The predicted molar refractivity (Wildman–Crippen MR) is 90.2 cm³/mol. The Morgan fingerprint density at radius 1 is 1.10 bits per heavy atom. The van der Waals surface area contributed by atoms with Crippen molar-refractivity contribution in [2.24, 2.45) is 0 Å². The maximum absolute atomic E-state index is 12.0. The topological polar surface area (TPSA) is 17.1 Å². The summed E-state index contributed by atoms with van der Waals surface area (Å²) in [6.07, 6.45) is 2.84. The first-order valence-corrected chi connectivity index (χ1v) is 8.00. The molecule has 3 rings (SSSR count). The summed E-state index contributed by atoms with van der Waals surface area (Å²) in [6, 6.07) is 16.7. The molecule has 106 valence electrons. The van der Waals surface area contributed by atoms with Gasteiger partial charge in [0.15, 0.2) is 5.78 Å². The lowest BCUT2D eigenvalue weighted by Crippen LogP contribution is -1.98. The molecule has 0 radical (unpaired) electrons. The summed E-state index contributed by atoms with van der Waals surface area (Å²) in [4.78, 5) is 12.0. The van der Waals surface area contributed by atoms with Gasteiger partial charge >= 0.3 is 0 Å². The zero-order valence-electron chi connectivity index (χ0n) is 12.0. The van der Waals surface area contributed by atoms with Crippen molar-refractivity contribution in [1.29, 1.82) is 0 Å². The molecule has 0 heterocycles. The second-order valence-electron chi connectivity index (χ2n) is 5.50. The molecule has 0 spiro atoms. The van der Waals surface area contributed by atoms with Crippen molar-refractivity contribution in [2.75, 3.05) is 0 Å². The number of allylic oxidation sites excluding steroid dienone is 2. The van der Waals surface area contributed by atoms with E-state index in [1.165, 1.54) is 16.7 Å². The van der Waals surface area contributed by atoms with Gasteiger partial charge in [-0.25, -0.2) is 0 Å². The van der Waals surface area contributed by atoms with E-state index in [2.05, 4.69) is 52.3 Å². The Morgan fingerprint density at radius 3 is 2.57 bits per heavy atom. The molecule has 2 aromatic rings. The van der Waals surface area contributed by atoms with Gasteiger partial charge in [-0.2, -0.15) is 0 Å². The third kappa shape index (κ3) is 3.01. The summed E-state index contributed by atoms with van der Waals surface area (Å²) in [5.74, 6) is 0.180. The van der Waals surface area contributed by atoms with Crippen LogP contribution >= 0.6 is 15.9 Å². The monoisotopic (exact) mass is 340 g/mol. The van der Waals surface area contributed by atoms with Crippen molar-refractivity contribution < 1.29 is 4.79 Å². The number of fused-ring (bicyclic) bond motifs is 1. The molecule has 0 aromatic heterocycles. The van der Waals surface area contributed by atoms with E-state index in [0.29, 0.717) is 0 Å². The van der Waals surface area contributed by atoms with E-state index in [-0.39, 0.29) is 5.78 Å². The highest BCUT2D eigenvalue weighted by molar-refractivity contribution is 9.10. The molecule has 0 unspecified atom stereocenters. The Labute approximate surface area is 133 Å². The van der Waals surface area contributed by atoms with Crippen LogP contribution in [-0.4, -0.2) is 5.78 Å². The highest BCUT2D eigenvalue weighted by Crippen LogP contribution is 2.37. The second-order valence-corrected chi connectivity index (χ2v) is 6.41. The van der Waals surface area contributed by atoms with E-state index >= 15 is 0 Å². The van der Waals surface area contributed by atoms with Crippen molar-refractivity contribution >= 4 is 27.3 Å². The van der Waals surface area contributed by atoms with Gasteiger partial charge in [0, 0.05) is 10.0 Å². The molecular formula is C19H17BrO. The first-order chi connectivity index (χ1) is 10.1. The smallest absolute Gasteiger partial charge is 0.160 e. The molecule has 1 nitrogen and oxygen atoms in total. The minimum absolute atomic E-state index is 0.180. The number of hydrogen-bond donors (Lipinski definition) is 0. The molecular weight excluding hydrogens is 324 g/mol. The van der Waals surface area contributed by atoms with Gasteiger partial charge in [0.2, 0.25) is 0 Å². The molecule has 0 amide bonds. The van der Waals surface area contributed by atoms with Gasteiger partial charge in [0.05, 0.1) is 0 Å². The average Bonchev–Trinajstić information content (AvgIpc) is 2.83. The third-order valence-electron chi connectivity index (χ3n) is 4.00. The van der Waals surface area contributed by atoms with Crippen LogP contribution in [0, 0.1) is 0 Å². The summed E-state index contributed by atoms with van der Waals surface area (Å²) in [7, 11) is 0. The lowest BCUT2D eigenvalue weighted by Gasteiger charge is -2.06. The minimum Gasteiger partial charge on any atom is -0.294 e. The first-order valence-electron chi connectivity index (χ1n) is 7.21. The van der Waals surface area contributed by atoms with Crippen molar-refractivity contribution in [2.45, 2.75) is 26.2 Å². The molecule has 1 aliphatic carbocycles. The van der Waals surface area contributed by atoms with E-state index < -0.39 is 0 Å². The van der Waals surface area contributed by atoms with Crippen molar-refractivity contribution in [3.8, 4) is 0 Å². The Bertz CT molecular complexity index is 714. The molecule has 2 heteroatoms. The Morgan fingerprint density at radius 2 is 1.86 bits per heavy atom. The van der Waals surface area contributed by atoms with Crippen LogP contribution in [0.4, 0.5) is 0 Å². The van der Waals surface area contributed by atoms with E-state index in [4.69, 9.17) is 0 Å². The van der Waals surface area contributed by atoms with Crippen molar-refractivity contribution in [3.63, 3.8) is 0 Å². The van der Waals surface area contributed by atoms with Crippen LogP contribution in [0.1, 0.15) is 30.0 Å². The SMILES string of the molecule is CC(=O)C1=C(CCc2ccccc2)Cc2cc(Br)ccc21. The van der Waals surface area contributed by atoms with Crippen LogP contribution in [-0.2, 0) is 17.6 Å². The second kappa shape index (κ2) is 5.98. The zero-order chi connectivity index (χ0) is 14.8. The van der Waals surface area contributed by atoms with Crippen LogP contribution in [0.5, 0.6) is 0 Å². The fourth-order valence-electron chi connectivity index (χ4n) is 3.05. The average molecular weight is 341 g/mol. The maximum atomic E-state index is 12.0. The van der Waals surface area contributed by atoms with Gasteiger partial charge in [-0.05, 0) is 55.0 Å². The summed E-state index contributed by atoms with van der Waals surface area (Å²) in [5, 5.41) is 0. The molecule has 0 N–H and O–H groups in total. The van der Waals surface area contributed by atoms with Gasteiger partial charge < -0.3 is 0 Å². The van der Waals surface area contributed by atoms with Crippen LogP contribution in [0.15, 0.2) is 58.6 Å². The van der Waals surface area contributed by atoms with E-state index in [0.717, 1.165) is 34.9 Å². The molecule has 1 aliphatic rings. The van der Waals surface area contributed by atoms with Gasteiger partial charge in [0.25, 0.3) is 0 Å². The number of carbonyl (C=O) groups excluding carboxylic acids is 1. The maximum Gasteiger partial charge on any atom is 0.160 e. The van der Waals surface area contributed by atoms with Crippen LogP contribution in [0.25, 0.3) is 5.57 Å². The largest absolute Gasteiger partial charge is 0.294 e. The molecule has 0 saturated carbocycles. The van der Waals surface area contributed by atoms with Gasteiger partial charge in [-0.15, -0.1) is 0 Å². The van der Waals surface area contributed by atoms with Gasteiger partial charge in [-0.3, -0.25) is 4.79 Å². The molecule has 21 heavy (non-hydrogen) atoms. The summed E-state index contributed by atoms with van der Waals surface area (Å²) < 4.78 is 1.08. The number of halogens is 1. The molecule has 0 fully saturated rings. The third-order valence-corrected chi connectivity index (χ3v) is 4.50. The molecule has 2 aromatic carbocycles. The summed E-state index contributed by atoms with van der Waals surface area (Å²) in [6.45, 7) is 1.68. The normalized spacial score (nSPS) is 13.4. The summed E-state index contributed by atoms with van der Waals surface area (Å²) in [5.41, 5.74) is 5.92. The number of hydrogen-bond acceptors (Lipinski definition) is 1. The number of aryl methyl sites for hydroxylation is 1. The number of benzene rings is 2. The summed E-state index contributed by atoms with van der Waals surface area (Å²) >= 11 is 3.51. The van der Waals surface area contributed by atoms with Crippen molar-refractivity contribution in [3.05, 3.63) is 75.3 Å². The first kappa shape index (κ1) is 14.3. The van der Waals surface area contributed by atoms with Gasteiger partial charge in [0.1, 0.15) is 0 Å². The lowest BCUT2D eigenvalue weighted by atomic mass is 9.98. The van der Waals surface area contributed by atoms with Crippen LogP contribution in [0.3, 0.4) is 0 Å². The van der Waals surface area contributed by atoms with Crippen molar-refractivity contribution in [1.82, 2.24) is 0 Å². The highest BCUT2D eigenvalue weighted by atomic mass is 79.9. The Kier molecular flexibility index (Phi) is 4.07. The number of Topliss-reactive ketones (excluding diaryl/α,β-unsaturated/α-hetero) is 1. The molecule has 0 atom stereocenters. The Balaban J connectivity index is 1.87. The number of rotatable bonds is 4. The standard InChI is InChI=1S/C19H17BrO/c1-13(21)19-15(8-7-14-5-3-2-4-6-14)11-16-12-17(20)9-10-18(16)19/h2-6,9-10,12H,7-8,11H2,1H3. The van der Waals surface area contributed by atoms with E-state index in [1.807, 2.05) is 12.1 Å². The highest BCUT2D eigenvalue weighted by Gasteiger charge is 2.24. The van der Waals surface area contributed by atoms with Crippen LogP contribution in [0.2, 0.25) is 0 Å². The van der Waals surface area contributed by atoms with Crippen LogP contribution < -0.4 is 0 Å². The quantitative estimate of drug-likeness (QED) is 0.766. The number of ketones is 1. The van der Waals surface area contributed by atoms with Gasteiger partial charge in [-0.1, -0.05) is 57.9 Å². The zero-order valence-corrected chi connectivity index (χ0v) is 13.6. The van der Waals surface area contributed by atoms with E-state index in [1.54, 1.807) is 6.92 Å². The number of carbonyl (C=O) groups is 1. The minimum atomic E-state index is 0.180. The lowest BCUT2D eigenvalue weighted by molar-refractivity contribution is -0.111. The Hall–Kier alpha value is -1.67.